The molecule has 0 bridgehead atoms. The number of benzene rings is 2. The molecule has 1 aliphatic heterocycles. The fourth-order valence-electron chi connectivity index (χ4n) is 3.19. The molecule has 0 saturated heterocycles. The van der Waals surface area contributed by atoms with E-state index in [9.17, 15) is 9.59 Å². The molecule has 1 aliphatic rings. The highest BCUT2D eigenvalue weighted by atomic mass is 16.5. The Hall–Kier alpha value is -2.86. The van der Waals surface area contributed by atoms with Gasteiger partial charge in [-0.1, -0.05) is 50.2 Å². The van der Waals surface area contributed by atoms with Crippen molar-refractivity contribution in [1.82, 2.24) is 5.32 Å². The molecule has 3 rings (SSSR count). The predicted octanol–water partition coefficient (Wildman–Crippen LogP) is 2.74. The van der Waals surface area contributed by atoms with Crippen LogP contribution in [0.2, 0.25) is 0 Å². The van der Waals surface area contributed by atoms with Crippen LogP contribution in [0.1, 0.15) is 43.9 Å². The summed E-state index contributed by atoms with van der Waals surface area (Å²) < 4.78 is 5.60. The number of carbonyl (C=O) groups excluding carboxylic acids is 2. The highest BCUT2D eigenvalue weighted by molar-refractivity contribution is 6.03. The number of para-hydroxylation sites is 2. The summed E-state index contributed by atoms with van der Waals surface area (Å²) in [5, 5.41) is 2.83. The maximum Gasteiger partial charge on any atom is 0.268 e. The van der Waals surface area contributed by atoms with Gasteiger partial charge in [-0.15, -0.1) is 0 Å². The number of anilines is 1. The number of hydrogen-bond donors (Lipinski definition) is 2. The first-order valence-corrected chi connectivity index (χ1v) is 9.56. The molecule has 0 fully saturated rings. The number of hydrogen-bond acceptors (Lipinski definition) is 4. The molecule has 3 N–H and O–H groups in total. The molecular weight excluding hydrogens is 354 g/mol. The van der Waals surface area contributed by atoms with Gasteiger partial charge < -0.3 is 15.8 Å². The molecule has 6 heteroatoms. The van der Waals surface area contributed by atoms with E-state index in [-0.39, 0.29) is 24.4 Å². The van der Waals surface area contributed by atoms with Gasteiger partial charge in [-0.3, -0.25) is 14.5 Å². The Morgan fingerprint density at radius 1 is 1.14 bits per heavy atom. The number of nitrogens with two attached hydrogens (primary N) is 1. The van der Waals surface area contributed by atoms with Crippen LogP contribution in [0.3, 0.4) is 0 Å². The number of carbonyl (C=O) groups is 2. The molecular formula is C22H27N3O3. The summed E-state index contributed by atoms with van der Waals surface area (Å²) in [6.45, 7) is 6.19. The first kappa shape index (κ1) is 19.9. The van der Waals surface area contributed by atoms with Gasteiger partial charge in [0.05, 0.1) is 5.69 Å². The van der Waals surface area contributed by atoms with Crippen molar-refractivity contribution in [3.63, 3.8) is 0 Å². The lowest BCUT2D eigenvalue weighted by Crippen LogP contribution is -2.49. The number of rotatable bonds is 6. The van der Waals surface area contributed by atoms with E-state index in [1.807, 2.05) is 24.3 Å². The molecule has 0 aromatic heterocycles. The Morgan fingerprint density at radius 2 is 1.79 bits per heavy atom. The normalized spacial score (nSPS) is 17.1. The highest BCUT2D eigenvalue weighted by Gasteiger charge is 2.32. The second-order valence-corrected chi connectivity index (χ2v) is 7.38. The van der Waals surface area contributed by atoms with E-state index in [4.69, 9.17) is 10.5 Å². The fourth-order valence-corrected chi connectivity index (χ4v) is 3.19. The molecule has 28 heavy (non-hydrogen) atoms. The summed E-state index contributed by atoms with van der Waals surface area (Å²) >= 11 is 0. The molecule has 2 aromatic carbocycles. The van der Waals surface area contributed by atoms with Gasteiger partial charge in [-0.2, -0.15) is 0 Å². The summed E-state index contributed by atoms with van der Waals surface area (Å²) in [6, 6.07) is 15.0. The summed E-state index contributed by atoms with van der Waals surface area (Å²) in [7, 11) is 0. The van der Waals surface area contributed by atoms with Crippen LogP contribution in [-0.2, 0) is 9.59 Å². The molecule has 0 aliphatic carbocycles. The zero-order chi connectivity index (χ0) is 20.3. The second-order valence-electron chi connectivity index (χ2n) is 7.38. The van der Waals surface area contributed by atoms with Crippen molar-refractivity contribution in [2.75, 3.05) is 18.0 Å². The molecule has 2 unspecified atom stereocenters. The van der Waals surface area contributed by atoms with Gasteiger partial charge >= 0.3 is 0 Å². The third-order valence-corrected chi connectivity index (χ3v) is 4.93. The van der Waals surface area contributed by atoms with Gasteiger partial charge in [0, 0.05) is 12.6 Å². The zero-order valence-electron chi connectivity index (χ0n) is 16.5. The molecule has 2 aromatic rings. The minimum Gasteiger partial charge on any atom is -0.479 e. The lowest BCUT2D eigenvalue weighted by Gasteiger charge is -2.32. The van der Waals surface area contributed by atoms with E-state index in [0.717, 1.165) is 5.56 Å². The Balaban J connectivity index is 1.60. The van der Waals surface area contributed by atoms with Crippen molar-refractivity contribution in [3.8, 4) is 5.75 Å². The predicted molar refractivity (Wildman–Crippen MR) is 109 cm³/mol. The molecule has 148 valence electrons. The molecule has 2 amide bonds. The van der Waals surface area contributed by atoms with Gasteiger partial charge in [0.25, 0.3) is 5.91 Å². The molecule has 1 heterocycles. The average Bonchev–Trinajstić information content (AvgIpc) is 2.69. The Kier molecular flexibility index (Phi) is 5.99. The van der Waals surface area contributed by atoms with Gasteiger partial charge in [0.15, 0.2) is 6.10 Å². The molecule has 0 spiro atoms. The van der Waals surface area contributed by atoms with Crippen molar-refractivity contribution < 1.29 is 14.3 Å². The first-order chi connectivity index (χ1) is 13.4. The van der Waals surface area contributed by atoms with Crippen LogP contribution in [-0.4, -0.2) is 31.0 Å². The van der Waals surface area contributed by atoms with Crippen LogP contribution in [0, 0.1) is 0 Å². The maximum absolute atomic E-state index is 12.5. The van der Waals surface area contributed by atoms with Crippen molar-refractivity contribution >= 4 is 17.5 Å². The molecule has 6 nitrogen and oxygen atoms in total. The number of fused-ring (bicyclic) bond motifs is 1. The van der Waals surface area contributed by atoms with Crippen molar-refractivity contribution in [1.29, 1.82) is 0 Å². The summed E-state index contributed by atoms with van der Waals surface area (Å²) in [5.74, 6) is 0.569. The third kappa shape index (κ3) is 4.34. The standard InChI is InChI=1S/C22H27N3O3/c1-14(2)16-8-10-17(11-9-16)18(23)12-24-21(26)13-25-19-6-4-5-7-20(19)28-15(3)22(25)27/h4-11,14-15,18H,12-13,23H2,1-3H3,(H,24,26). The quantitative estimate of drug-likeness (QED) is 0.806. The van der Waals surface area contributed by atoms with Crippen molar-refractivity contribution in [2.45, 2.75) is 38.8 Å². The molecule has 0 saturated carbocycles. The molecule has 0 radical (unpaired) electrons. The number of nitrogens with one attached hydrogen (secondary N) is 1. The summed E-state index contributed by atoms with van der Waals surface area (Å²) in [6.07, 6.45) is -0.621. The maximum atomic E-state index is 12.5. The van der Waals surface area contributed by atoms with Crippen LogP contribution < -0.4 is 20.7 Å². The van der Waals surface area contributed by atoms with E-state index in [0.29, 0.717) is 23.9 Å². The smallest absolute Gasteiger partial charge is 0.268 e. The SMILES string of the molecule is CC1Oc2ccccc2N(CC(=O)NCC(N)c2ccc(C(C)C)cc2)C1=O. The van der Waals surface area contributed by atoms with E-state index in [1.54, 1.807) is 19.1 Å². The lowest BCUT2D eigenvalue weighted by atomic mass is 9.99. The van der Waals surface area contributed by atoms with Crippen LogP contribution in [0.15, 0.2) is 48.5 Å². The van der Waals surface area contributed by atoms with Crippen LogP contribution in [0.4, 0.5) is 5.69 Å². The van der Waals surface area contributed by atoms with Crippen LogP contribution in [0.25, 0.3) is 0 Å². The highest BCUT2D eigenvalue weighted by Crippen LogP contribution is 2.33. The van der Waals surface area contributed by atoms with Crippen molar-refractivity contribution in [2.24, 2.45) is 5.73 Å². The van der Waals surface area contributed by atoms with E-state index in [1.165, 1.54) is 10.5 Å². The molecule has 2 atom stereocenters. The minimum absolute atomic E-state index is 0.0669. The number of ether oxygens (including phenoxy) is 1. The topological polar surface area (TPSA) is 84.7 Å². The van der Waals surface area contributed by atoms with Gasteiger partial charge in [0.2, 0.25) is 5.91 Å². The van der Waals surface area contributed by atoms with Crippen LogP contribution in [0.5, 0.6) is 5.75 Å². The van der Waals surface area contributed by atoms with Crippen LogP contribution >= 0.6 is 0 Å². The monoisotopic (exact) mass is 381 g/mol. The first-order valence-electron chi connectivity index (χ1n) is 9.56. The number of nitrogens with zero attached hydrogens (tertiary/aromatic N) is 1. The van der Waals surface area contributed by atoms with Gasteiger partial charge in [0.1, 0.15) is 12.3 Å². The van der Waals surface area contributed by atoms with E-state index in [2.05, 4.69) is 31.3 Å². The lowest BCUT2D eigenvalue weighted by molar-refractivity contribution is -0.128. The van der Waals surface area contributed by atoms with Crippen molar-refractivity contribution in [3.05, 3.63) is 59.7 Å². The zero-order valence-corrected chi connectivity index (χ0v) is 16.5. The average molecular weight is 381 g/mol. The third-order valence-electron chi connectivity index (χ3n) is 4.93. The number of amides is 2. The fraction of sp³-hybridized carbons (Fsp3) is 0.364. The summed E-state index contributed by atoms with van der Waals surface area (Å²) in [4.78, 5) is 26.4. The van der Waals surface area contributed by atoms with Gasteiger partial charge in [-0.05, 0) is 36.1 Å². The Labute approximate surface area is 165 Å². The van der Waals surface area contributed by atoms with E-state index >= 15 is 0 Å². The Bertz CT molecular complexity index is 848. The summed E-state index contributed by atoms with van der Waals surface area (Å²) in [5.41, 5.74) is 9.03. The largest absolute Gasteiger partial charge is 0.479 e. The Morgan fingerprint density at radius 3 is 2.46 bits per heavy atom. The van der Waals surface area contributed by atoms with E-state index < -0.39 is 6.10 Å². The van der Waals surface area contributed by atoms with Gasteiger partial charge in [-0.25, -0.2) is 0 Å². The second kappa shape index (κ2) is 8.44. The minimum atomic E-state index is -0.621.